The van der Waals surface area contributed by atoms with Crippen LogP contribution >= 0.6 is 15.9 Å². The summed E-state index contributed by atoms with van der Waals surface area (Å²) >= 11 is 3.38. The van der Waals surface area contributed by atoms with E-state index in [-0.39, 0.29) is 12.5 Å². The fourth-order valence-corrected chi connectivity index (χ4v) is 3.90. The molecule has 3 rings (SSSR count). The smallest absolute Gasteiger partial charge is 0.329 e. The summed E-state index contributed by atoms with van der Waals surface area (Å²) in [6, 6.07) is 15.6. The Morgan fingerprint density at radius 1 is 0.919 bits per heavy atom. The number of ether oxygens (including phenoxy) is 2. The Bertz CT molecular complexity index is 1320. The molecule has 3 N–H and O–H groups in total. The molecule has 0 unspecified atom stereocenters. The van der Waals surface area contributed by atoms with Crippen LogP contribution in [0.3, 0.4) is 0 Å². The molecule has 0 spiro atoms. The lowest BCUT2D eigenvalue weighted by molar-refractivity contribution is -0.136. The Labute approximate surface area is 223 Å². The van der Waals surface area contributed by atoms with Crippen molar-refractivity contribution in [2.45, 2.75) is 20.8 Å². The Kier molecular flexibility index (Phi) is 9.39. The summed E-state index contributed by atoms with van der Waals surface area (Å²) in [5, 5.41) is 9.21. The van der Waals surface area contributed by atoms with Crippen LogP contribution in [0.4, 0.5) is 11.4 Å². The molecule has 0 atom stereocenters. The predicted molar refractivity (Wildman–Crippen MR) is 146 cm³/mol. The molecule has 0 radical (unpaired) electrons. The maximum absolute atomic E-state index is 12.5. The topological polar surface area (TPSA) is 118 Å². The standard InChI is InChI=1S/C27H27BrN4O5/c1-16-11-17(2)25(18(3)12-16)31-24(33)15-37-23-10-5-20(28)13-19(23)14-29-32-27(35)26(34)30-21-6-8-22(36-4)9-7-21/h5-14H,15H2,1-4H3,(H,30,34)(H,31,33)(H,32,35)/b29-14-. The molecule has 3 aromatic rings. The molecule has 192 valence electrons. The number of carbonyl (C=O) groups is 3. The molecule has 0 saturated heterocycles. The molecule has 3 aromatic carbocycles. The van der Waals surface area contributed by atoms with Gasteiger partial charge in [-0.2, -0.15) is 5.10 Å². The molecular formula is C27H27BrN4O5. The van der Waals surface area contributed by atoms with E-state index in [0.717, 1.165) is 26.9 Å². The molecule has 0 heterocycles. The quantitative estimate of drug-likeness (QED) is 0.211. The Morgan fingerprint density at radius 2 is 1.59 bits per heavy atom. The maximum atomic E-state index is 12.5. The highest BCUT2D eigenvalue weighted by Gasteiger charge is 2.14. The number of hydrazone groups is 1. The van der Waals surface area contributed by atoms with Crippen LogP contribution in [0, 0.1) is 20.8 Å². The molecular weight excluding hydrogens is 540 g/mol. The second-order valence-corrected chi connectivity index (χ2v) is 9.09. The number of nitrogens with zero attached hydrogens (tertiary/aromatic N) is 1. The van der Waals surface area contributed by atoms with E-state index in [2.05, 4.69) is 37.1 Å². The molecule has 0 bridgehead atoms. The first-order chi connectivity index (χ1) is 17.7. The Balaban J connectivity index is 1.59. The number of halogens is 1. The Hall–Kier alpha value is -4.18. The van der Waals surface area contributed by atoms with E-state index in [1.54, 1.807) is 42.5 Å². The third-order valence-electron chi connectivity index (χ3n) is 5.20. The van der Waals surface area contributed by atoms with Crippen molar-refractivity contribution < 1.29 is 23.9 Å². The van der Waals surface area contributed by atoms with E-state index in [0.29, 0.717) is 22.7 Å². The van der Waals surface area contributed by atoms with Gasteiger partial charge in [0.2, 0.25) is 0 Å². The van der Waals surface area contributed by atoms with Crippen LogP contribution in [-0.4, -0.2) is 37.7 Å². The van der Waals surface area contributed by atoms with Crippen molar-refractivity contribution in [2.24, 2.45) is 5.10 Å². The first-order valence-electron chi connectivity index (χ1n) is 11.2. The molecule has 9 nitrogen and oxygen atoms in total. The molecule has 0 saturated carbocycles. The van der Waals surface area contributed by atoms with Crippen LogP contribution in [0.2, 0.25) is 0 Å². The molecule has 10 heteroatoms. The van der Waals surface area contributed by atoms with Crippen LogP contribution in [0.25, 0.3) is 0 Å². The van der Waals surface area contributed by atoms with Crippen LogP contribution in [0.5, 0.6) is 11.5 Å². The molecule has 3 amide bonds. The van der Waals surface area contributed by atoms with Crippen molar-refractivity contribution in [1.82, 2.24) is 5.43 Å². The fraction of sp³-hybridized carbons (Fsp3) is 0.185. The summed E-state index contributed by atoms with van der Waals surface area (Å²) in [4.78, 5) is 36.8. The minimum absolute atomic E-state index is 0.230. The third kappa shape index (κ3) is 7.91. The summed E-state index contributed by atoms with van der Waals surface area (Å²) < 4.78 is 11.5. The number of anilines is 2. The van der Waals surface area contributed by atoms with E-state index >= 15 is 0 Å². The molecule has 0 fully saturated rings. The SMILES string of the molecule is COc1ccc(NC(=O)C(=O)N/N=C\c2cc(Br)ccc2OCC(=O)Nc2c(C)cc(C)cc2C)cc1. The average molecular weight is 567 g/mol. The van der Waals surface area contributed by atoms with Crippen LogP contribution < -0.4 is 25.5 Å². The summed E-state index contributed by atoms with van der Waals surface area (Å²) in [5.41, 5.74) is 6.91. The highest BCUT2D eigenvalue weighted by Crippen LogP contribution is 2.24. The lowest BCUT2D eigenvalue weighted by Crippen LogP contribution is -2.32. The molecule has 37 heavy (non-hydrogen) atoms. The second kappa shape index (κ2) is 12.7. The summed E-state index contributed by atoms with van der Waals surface area (Å²) in [5.74, 6) is -1.16. The molecule has 0 aliphatic carbocycles. The highest BCUT2D eigenvalue weighted by molar-refractivity contribution is 9.10. The number of rotatable bonds is 8. The number of carbonyl (C=O) groups excluding carboxylic acids is 3. The van der Waals surface area contributed by atoms with Crippen molar-refractivity contribution >= 4 is 51.2 Å². The monoisotopic (exact) mass is 566 g/mol. The zero-order valence-corrected chi connectivity index (χ0v) is 22.4. The van der Waals surface area contributed by atoms with E-state index in [1.807, 2.05) is 32.9 Å². The maximum Gasteiger partial charge on any atom is 0.329 e. The number of hydrogen-bond donors (Lipinski definition) is 3. The van der Waals surface area contributed by atoms with Crippen molar-refractivity contribution in [1.29, 1.82) is 0 Å². The van der Waals surface area contributed by atoms with Crippen molar-refractivity contribution in [2.75, 3.05) is 24.4 Å². The van der Waals surface area contributed by atoms with Crippen molar-refractivity contribution in [3.8, 4) is 11.5 Å². The van der Waals surface area contributed by atoms with Gasteiger partial charge < -0.3 is 20.1 Å². The molecule has 0 aliphatic rings. The van der Waals surface area contributed by atoms with E-state index in [1.165, 1.54) is 13.3 Å². The minimum Gasteiger partial charge on any atom is -0.497 e. The Morgan fingerprint density at radius 3 is 2.24 bits per heavy atom. The largest absolute Gasteiger partial charge is 0.497 e. The number of aryl methyl sites for hydroxylation is 3. The van der Waals surface area contributed by atoms with E-state index < -0.39 is 11.8 Å². The van der Waals surface area contributed by atoms with Gasteiger partial charge in [0.15, 0.2) is 6.61 Å². The van der Waals surface area contributed by atoms with Gasteiger partial charge in [0.25, 0.3) is 5.91 Å². The lowest BCUT2D eigenvalue weighted by Gasteiger charge is -2.14. The van der Waals surface area contributed by atoms with Gasteiger partial charge in [-0.15, -0.1) is 0 Å². The third-order valence-corrected chi connectivity index (χ3v) is 5.69. The van der Waals surface area contributed by atoms with Gasteiger partial charge in [0, 0.05) is 21.4 Å². The second-order valence-electron chi connectivity index (χ2n) is 8.17. The summed E-state index contributed by atoms with van der Waals surface area (Å²) in [6.07, 6.45) is 1.32. The number of hydrogen-bond acceptors (Lipinski definition) is 6. The van der Waals surface area contributed by atoms with Gasteiger partial charge >= 0.3 is 11.8 Å². The van der Waals surface area contributed by atoms with Gasteiger partial charge in [0.05, 0.1) is 13.3 Å². The first-order valence-corrected chi connectivity index (χ1v) is 12.0. The van der Waals surface area contributed by atoms with Crippen LogP contribution in [0.1, 0.15) is 22.3 Å². The number of amides is 3. The van der Waals surface area contributed by atoms with Crippen molar-refractivity contribution in [3.63, 3.8) is 0 Å². The van der Waals surface area contributed by atoms with Gasteiger partial charge in [0.1, 0.15) is 11.5 Å². The van der Waals surface area contributed by atoms with E-state index in [4.69, 9.17) is 9.47 Å². The normalized spacial score (nSPS) is 10.6. The van der Waals surface area contributed by atoms with Gasteiger partial charge in [-0.25, -0.2) is 5.43 Å². The molecule has 0 aliphatic heterocycles. The number of nitrogens with one attached hydrogen (secondary N) is 3. The average Bonchev–Trinajstić information content (AvgIpc) is 2.86. The lowest BCUT2D eigenvalue weighted by atomic mass is 10.1. The number of methoxy groups -OCH3 is 1. The summed E-state index contributed by atoms with van der Waals surface area (Å²) in [7, 11) is 1.53. The minimum atomic E-state index is -0.951. The number of benzene rings is 3. The zero-order chi connectivity index (χ0) is 26.9. The van der Waals surface area contributed by atoms with Gasteiger partial charge in [-0.3, -0.25) is 14.4 Å². The molecule has 0 aromatic heterocycles. The first kappa shape index (κ1) is 27.4. The fourth-order valence-electron chi connectivity index (χ4n) is 3.52. The van der Waals surface area contributed by atoms with Crippen LogP contribution in [0.15, 0.2) is 64.2 Å². The van der Waals surface area contributed by atoms with Crippen LogP contribution in [-0.2, 0) is 14.4 Å². The summed E-state index contributed by atoms with van der Waals surface area (Å²) in [6.45, 7) is 5.64. The van der Waals surface area contributed by atoms with E-state index in [9.17, 15) is 14.4 Å². The highest BCUT2D eigenvalue weighted by atomic mass is 79.9. The van der Waals surface area contributed by atoms with Gasteiger partial charge in [-0.1, -0.05) is 33.6 Å². The van der Waals surface area contributed by atoms with Crippen molar-refractivity contribution in [3.05, 3.63) is 81.3 Å². The van der Waals surface area contributed by atoms with Gasteiger partial charge in [-0.05, 0) is 74.4 Å². The predicted octanol–water partition coefficient (Wildman–Crippen LogP) is 4.49. The zero-order valence-electron chi connectivity index (χ0n) is 20.8.